The van der Waals surface area contributed by atoms with Crippen molar-refractivity contribution in [3.05, 3.63) is 22.4 Å². The first-order valence-electron chi connectivity index (χ1n) is 10.9. The van der Waals surface area contributed by atoms with E-state index < -0.39 is 5.60 Å². The molecule has 0 saturated carbocycles. The van der Waals surface area contributed by atoms with Gasteiger partial charge in [-0.05, 0) is 64.8 Å². The summed E-state index contributed by atoms with van der Waals surface area (Å²) in [6.45, 7) is 11.7. The molecule has 0 aromatic carbocycles. The maximum absolute atomic E-state index is 12.6. The lowest BCUT2D eigenvalue weighted by Gasteiger charge is -2.40. The average Bonchev–Trinajstić information content (AvgIpc) is 3.25. The van der Waals surface area contributed by atoms with E-state index in [1.165, 1.54) is 4.88 Å². The van der Waals surface area contributed by atoms with Crippen LogP contribution in [0.4, 0.5) is 4.79 Å². The van der Waals surface area contributed by atoms with Gasteiger partial charge in [0.25, 0.3) is 0 Å². The summed E-state index contributed by atoms with van der Waals surface area (Å²) in [6, 6.07) is 5.12. The Morgan fingerprint density at radius 2 is 2.00 bits per heavy atom. The van der Waals surface area contributed by atoms with Gasteiger partial charge in [0.05, 0.1) is 6.54 Å². The van der Waals surface area contributed by atoms with Gasteiger partial charge in [-0.3, -0.25) is 4.99 Å². The Kier molecular flexibility index (Phi) is 9.27. The van der Waals surface area contributed by atoms with Gasteiger partial charge in [0.1, 0.15) is 5.60 Å². The highest BCUT2D eigenvalue weighted by Gasteiger charge is 2.45. The molecule has 0 aliphatic carbocycles. The van der Waals surface area contributed by atoms with Crippen LogP contribution in [0, 0.1) is 0 Å². The van der Waals surface area contributed by atoms with Crippen molar-refractivity contribution < 1.29 is 9.53 Å². The van der Waals surface area contributed by atoms with E-state index in [4.69, 9.17) is 9.73 Å². The van der Waals surface area contributed by atoms with Gasteiger partial charge in [0.15, 0.2) is 5.96 Å². The van der Waals surface area contributed by atoms with E-state index in [-0.39, 0.29) is 42.2 Å². The van der Waals surface area contributed by atoms with Crippen LogP contribution in [0.2, 0.25) is 0 Å². The quantitative estimate of drug-likeness (QED) is 0.311. The molecule has 1 aromatic heterocycles. The monoisotopic (exact) mass is 548 g/mol. The zero-order valence-electron chi connectivity index (χ0n) is 18.8. The number of hydrogen-bond acceptors (Lipinski definition) is 4. The second-order valence-corrected chi connectivity index (χ2v) is 10.2. The number of guanidine groups is 1. The van der Waals surface area contributed by atoms with E-state index in [0.717, 1.165) is 44.7 Å². The van der Waals surface area contributed by atoms with Crippen LogP contribution in [0.1, 0.15) is 71.1 Å². The van der Waals surface area contributed by atoms with Crippen molar-refractivity contribution in [3.8, 4) is 0 Å². The van der Waals surface area contributed by atoms with E-state index >= 15 is 0 Å². The molecule has 2 fully saturated rings. The third-order valence-corrected chi connectivity index (χ3v) is 6.68. The fourth-order valence-corrected chi connectivity index (χ4v) is 5.09. The minimum absolute atomic E-state index is 0. The smallest absolute Gasteiger partial charge is 0.410 e. The second-order valence-electron chi connectivity index (χ2n) is 9.22. The Morgan fingerprint density at radius 3 is 2.53 bits per heavy atom. The molecule has 1 amide bonds. The van der Waals surface area contributed by atoms with Crippen LogP contribution in [-0.4, -0.2) is 53.8 Å². The number of thiophene rings is 1. The largest absolute Gasteiger partial charge is 0.444 e. The van der Waals surface area contributed by atoms with Crippen LogP contribution in [0.15, 0.2) is 22.5 Å². The molecule has 3 rings (SSSR count). The van der Waals surface area contributed by atoms with Crippen LogP contribution in [0.5, 0.6) is 0 Å². The SMILES string of the molecule is CCNC(=NCC(C)c1cccs1)NC1CC2CCC(C1)N2C(=O)OC(C)(C)C.I. The van der Waals surface area contributed by atoms with E-state index in [1.807, 2.05) is 25.7 Å². The second kappa shape index (κ2) is 11.0. The minimum Gasteiger partial charge on any atom is -0.444 e. The Labute approximate surface area is 202 Å². The lowest BCUT2D eigenvalue weighted by atomic mass is 9.98. The van der Waals surface area contributed by atoms with Crippen LogP contribution in [0.25, 0.3) is 0 Å². The maximum Gasteiger partial charge on any atom is 0.410 e. The van der Waals surface area contributed by atoms with Gasteiger partial charge in [0.2, 0.25) is 0 Å². The van der Waals surface area contributed by atoms with Gasteiger partial charge in [-0.15, -0.1) is 35.3 Å². The third-order valence-electron chi connectivity index (χ3n) is 5.57. The molecule has 0 spiro atoms. The molecular formula is C22H37IN4O2S. The number of rotatable bonds is 5. The molecule has 3 heterocycles. The molecule has 2 N–H and O–H groups in total. The van der Waals surface area contributed by atoms with Gasteiger partial charge in [0, 0.05) is 35.5 Å². The minimum atomic E-state index is -0.449. The van der Waals surface area contributed by atoms with Crippen LogP contribution >= 0.6 is 35.3 Å². The summed E-state index contributed by atoms with van der Waals surface area (Å²) in [5.74, 6) is 1.29. The molecule has 2 saturated heterocycles. The zero-order chi connectivity index (χ0) is 21.0. The number of halogens is 1. The summed E-state index contributed by atoms with van der Waals surface area (Å²) in [5, 5.41) is 9.13. The van der Waals surface area contributed by atoms with Crippen LogP contribution < -0.4 is 10.6 Å². The number of piperidine rings is 1. The lowest BCUT2D eigenvalue weighted by molar-refractivity contribution is 0.00545. The van der Waals surface area contributed by atoms with E-state index in [2.05, 4.69) is 42.0 Å². The van der Waals surface area contributed by atoms with Crippen molar-refractivity contribution in [2.45, 2.75) is 89.9 Å². The zero-order valence-corrected chi connectivity index (χ0v) is 22.0. The van der Waals surface area contributed by atoms with Crippen LogP contribution in [-0.2, 0) is 4.74 Å². The van der Waals surface area contributed by atoms with Crippen molar-refractivity contribution in [1.82, 2.24) is 15.5 Å². The van der Waals surface area contributed by atoms with Crippen molar-refractivity contribution in [3.63, 3.8) is 0 Å². The first-order chi connectivity index (χ1) is 13.8. The summed E-state index contributed by atoms with van der Waals surface area (Å²) < 4.78 is 5.64. The summed E-state index contributed by atoms with van der Waals surface area (Å²) in [6.07, 6.45) is 3.85. The number of carbonyl (C=O) groups excluding carboxylic acids is 1. The predicted octanol–water partition coefficient (Wildman–Crippen LogP) is 4.96. The topological polar surface area (TPSA) is 66.0 Å². The number of carbonyl (C=O) groups is 1. The number of aliphatic imine (C=N–C) groups is 1. The number of amides is 1. The van der Waals surface area contributed by atoms with Gasteiger partial charge < -0.3 is 20.3 Å². The normalized spacial score (nSPS) is 24.8. The Morgan fingerprint density at radius 1 is 1.33 bits per heavy atom. The highest BCUT2D eigenvalue weighted by atomic mass is 127. The Bertz CT molecular complexity index is 690. The molecule has 3 unspecified atom stereocenters. The highest BCUT2D eigenvalue weighted by molar-refractivity contribution is 14.0. The summed E-state index contributed by atoms with van der Waals surface area (Å²) in [5.41, 5.74) is -0.449. The molecule has 2 bridgehead atoms. The third kappa shape index (κ3) is 6.73. The number of ether oxygens (including phenoxy) is 1. The van der Waals surface area contributed by atoms with Crippen molar-refractivity contribution in [2.75, 3.05) is 13.1 Å². The van der Waals surface area contributed by atoms with Crippen molar-refractivity contribution in [1.29, 1.82) is 0 Å². The number of hydrogen-bond donors (Lipinski definition) is 2. The fourth-order valence-electron chi connectivity index (χ4n) is 4.31. The number of nitrogens with zero attached hydrogens (tertiary/aromatic N) is 2. The first kappa shape index (κ1) is 25.2. The Hall–Kier alpha value is -1.03. The van der Waals surface area contributed by atoms with Crippen molar-refractivity contribution >= 4 is 47.4 Å². The highest BCUT2D eigenvalue weighted by Crippen LogP contribution is 2.36. The predicted molar refractivity (Wildman–Crippen MR) is 135 cm³/mol. The molecule has 8 heteroatoms. The van der Waals surface area contributed by atoms with Gasteiger partial charge in [-0.2, -0.15) is 0 Å². The standard InChI is InChI=1S/C22H36N4O2S.HI/c1-6-23-20(24-14-15(2)19-8-7-11-29-19)25-16-12-17-9-10-18(13-16)26(17)21(27)28-22(3,4)5;/h7-8,11,15-18H,6,9-10,12-14H2,1-5H3,(H2,23,24,25);1H. The summed E-state index contributed by atoms with van der Waals surface area (Å²) in [7, 11) is 0. The van der Waals surface area contributed by atoms with Gasteiger partial charge in [-0.25, -0.2) is 4.79 Å². The van der Waals surface area contributed by atoms with E-state index in [1.54, 1.807) is 11.3 Å². The fraction of sp³-hybridized carbons (Fsp3) is 0.727. The van der Waals surface area contributed by atoms with Gasteiger partial charge >= 0.3 is 6.09 Å². The summed E-state index contributed by atoms with van der Waals surface area (Å²) >= 11 is 1.79. The molecule has 2 aliphatic heterocycles. The maximum atomic E-state index is 12.6. The average molecular weight is 549 g/mol. The number of nitrogens with one attached hydrogen (secondary N) is 2. The molecule has 3 atom stereocenters. The van der Waals surface area contributed by atoms with E-state index in [0.29, 0.717) is 12.0 Å². The molecule has 0 radical (unpaired) electrons. The molecule has 170 valence electrons. The summed E-state index contributed by atoms with van der Waals surface area (Å²) in [4.78, 5) is 20.8. The van der Waals surface area contributed by atoms with Crippen molar-refractivity contribution in [2.24, 2.45) is 4.99 Å². The first-order valence-corrected chi connectivity index (χ1v) is 11.7. The molecular weight excluding hydrogens is 511 g/mol. The molecule has 2 aliphatic rings. The number of fused-ring (bicyclic) bond motifs is 2. The van der Waals surface area contributed by atoms with E-state index in [9.17, 15) is 4.79 Å². The molecule has 30 heavy (non-hydrogen) atoms. The Balaban J connectivity index is 0.00000320. The molecule has 1 aromatic rings. The lowest BCUT2D eigenvalue weighted by Crippen LogP contribution is -2.55. The van der Waals surface area contributed by atoms with Gasteiger partial charge in [-0.1, -0.05) is 13.0 Å². The van der Waals surface area contributed by atoms with Crippen LogP contribution in [0.3, 0.4) is 0 Å². The molecule has 6 nitrogen and oxygen atoms in total.